The van der Waals surface area contributed by atoms with Gasteiger partial charge in [-0.1, -0.05) is 12.1 Å². The van der Waals surface area contributed by atoms with Gasteiger partial charge in [-0.15, -0.1) is 11.3 Å². The lowest BCUT2D eigenvalue weighted by Crippen LogP contribution is -2.20. The van der Waals surface area contributed by atoms with Crippen LogP contribution in [0.2, 0.25) is 0 Å². The molecule has 0 aliphatic carbocycles. The van der Waals surface area contributed by atoms with E-state index in [1.54, 1.807) is 14.2 Å². The Balaban J connectivity index is 1.85. The number of benzene rings is 1. The zero-order valence-corrected chi connectivity index (χ0v) is 15.1. The standard InChI is InChI=1S/C18H21N3O3S/c1-23-8-4-7-19-10-15-20-17(22)16-14(11-25-18(16)21-15)12-5-3-6-13(9-12)24-2/h3,5-6,9,11,19H,4,7-8,10H2,1-2H3,(H,20,21,22). The first-order chi connectivity index (χ1) is 12.2. The van der Waals surface area contributed by atoms with Crippen LogP contribution in [-0.4, -0.2) is 37.3 Å². The van der Waals surface area contributed by atoms with Crippen LogP contribution in [0.4, 0.5) is 0 Å². The van der Waals surface area contributed by atoms with Crippen LogP contribution in [0, 0.1) is 0 Å². The van der Waals surface area contributed by atoms with Crippen LogP contribution in [-0.2, 0) is 11.3 Å². The number of hydrogen-bond donors (Lipinski definition) is 2. The Kier molecular flexibility index (Phi) is 5.80. The van der Waals surface area contributed by atoms with Crippen LogP contribution in [0.5, 0.6) is 5.75 Å². The fourth-order valence-corrected chi connectivity index (χ4v) is 3.60. The molecular weight excluding hydrogens is 338 g/mol. The Labute approximate surface area is 149 Å². The monoisotopic (exact) mass is 359 g/mol. The van der Waals surface area contributed by atoms with Gasteiger partial charge in [0.2, 0.25) is 0 Å². The van der Waals surface area contributed by atoms with E-state index < -0.39 is 0 Å². The minimum atomic E-state index is -0.113. The van der Waals surface area contributed by atoms with Gasteiger partial charge in [-0.2, -0.15) is 0 Å². The summed E-state index contributed by atoms with van der Waals surface area (Å²) in [6.07, 6.45) is 0.919. The third-order valence-corrected chi connectivity index (χ3v) is 4.74. The number of nitrogens with zero attached hydrogens (tertiary/aromatic N) is 1. The van der Waals surface area contributed by atoms with E-state index in [1.807, 2.05) is 29.6 Å². The number of ether oxygens (including phenoxy) is 2. The molecular formula is C18H21N3O3S. The van der Waals surface area contributed by atoms with Gasteiger partial charge in [0, 0.05) is 24.7 Å². The van der Waals surface area contributed by atoms with Gasteiger partial charge >= 0.3 is 0 Å². The molecule has 6 nitrogen and oxygen atoms in total. The van der Waals surface area contributed by atoms with Gasteiger partial charge in [-0.25, -0.2) is 4.98 Å². The molecule has 0 spiro atoms. The van der Waals surface area contributed by atoms with Gasteiger partial charge in [0.25, 0.3) is 5.56 Å². The fourth-order valence-electron chi connectivity index (χ4n) is 2.63. The molecule has 0 aliphatic heterocycles. The number of H-pyrrole nitrogens is 1. The van der Waals surface area contributed by atoms with Crippen LogP contribution >= 0.6 is 11.3 Å². The number of aromatic amines is 1. The number of rotatable bonds is 8. The summed E-state index contributed by atoms with van der Waals surface area (Å²) >= 11 is 1.48. The Morgan fingerprint density at radius 1 is 1.32 bits per heavy atom. The first-order valence-corrected chi connectivity index (χ1v) is 8.95. The maximum Gasteiger partial charge on any atom is 0.260 e. The highest BCUT2D eigenvalue weighted by Gasteiger charge is 2.13. The largest absolute Gasteiger partial charge is 0.497 e. The smallest absolute Gasteiger partial charge is 0.260 e. The van der Waals surface area contributed by atoms with Gasteiger partial charge in [0.1, 0.15) is 16.4 Å². The molecule has 0 saturated heterocycles. The summed E-state index contributed by atoms with van der Waals surface area (Å²) in [6, 6.07) is 7.69. The van der Waals surface area contributed by atoms with Crippen molar-refractivity contribution in [3.8, 4) is 16.9 Å². The second-order valence-electron chi connectivity index (χ2n) is 5.60. The molecule has 0 fully saturated rings. The Hall–Kier alpha value is -2.22. The first kappa shape index (κ1) is 17.6. The summed E-state index contributed by atoms with van der Waals surface area (Å²) in [4.78, 5) is 20.8. The molecule has 0 amide bonds. The first-order valence-electron chi connectivity index (χ1n) is 8.07. The quantitative estimate of drug-likeness (QED) is 0.605. The van der Waals surface area contributed by atoms with E-state index in [1.165, 1.54) is 11.3 Å². The summed E-state index contributed by atoms with van der Waals surface area (Å²) in [5.74, 6) is 1.41. The molecule has 7 heteroatoms. The van der Waals surface area contributed by atoms with E-state index in [9.17, 15) is 4.79 Å². The summed E-state index contributed by atoms with van der Waals surface area (Å²) in [5.41, 5.74) is 1.72. The maximum absolute atomic E-state index is 12.6. The molecule has 3 rings (SSSR count). The minimum Gasteiger partial charge on any atom is -0.497 e. The summed E-state index contributed by atoms with van der Waals surface area (Å²) in [5, 5.41) is 5.85. The van der Waals surface area contributed by atoms with Crippen LogP contribution < -0.4 is 15.6 Å². The molecule has 2 aromatic heterocycles. The van der Waals surface area contributed by atoms with Gasteiger partial charge in [0.15, 0.2) is 0 Å². The van der Waals surface area contributed by atoms with Crippen LogP contribution in [0.1, 0.15) is 12.2 Å². The summed E-state index contributed by atoms with van der Waals surface area (Å²) in [7, 11) is 3.31. The van der Waals surface area contributed by atoms with E-state index in [2.05, 4.69) is 15.3 Å². The molecule has 2 heterocycles. The zero-order chi connectivity index (χ0) is 17.6. The molecule has 0 radical (unpaired) electrons. The predicted molar refractivity (Wildman–Crippen MR) is 100 cm³/mol. The van der Waals surface area contributed by atoms with Crippen molar-refractivity contribution in [1.82, 2.24) is 15.3 Å². The minimum absolute atomic E-state index is 0.113. The lowest BCUT2D eigenvalue weighted by atomic mass is 10.1. The molecule has 1 aromatic carbocycles. The average molecular weight is 359 g/mol. The Morgan fingerprint density at radius 3 is 3.00 bits per heavy atom. The predicted octanol–water partition coefficient (Wildman–Crippen LogP) is 2.79. The molecule has 0 aliphatic rings. The highest BCUT2D eigenvalue weighted by atomic mass is 32.1. The number of aromatic nitrogens is 2. The molecule has 132 valence electrons. The van der Waals surface area contributed by atoms with Crippen LogP contribution in [0.25, 0.3) is 21.3 Å². The van der Waals surface area contributed by atoms with Crippen molar-refractivity contribution in [2.75, 3.05) is 27.4 Å². The summed E-state index contributed by atoms with van der Waals surface area (Å²) < 4.78 is 10.3. The number of nitrogens with one attached hydrogen (secondary N) is 2. The number of thiophene rings is 1. The normalized spacial score (nSPS) is 11.1. The van der Waals surface area contributed by atoms with Gasteiger partial charge in [-0.3, -0.25) is 4.79 Å². The molecule has 3 aromatic rings. The fraction of sp³-hybridized carbons (Fsp3) is 0.333. The van der Waals surface area contributed by atoms with Gasteiger partial charge < -0.3 is 19.8 Å². The summed E-state index contributed by atoms with van der Waals surface area (Å²) in [6.45, 7) is 2.06. The van der Waals surface area contributed by atoms with Crippen molar-refractivity contribution in [3.63, 3.8) is 0 Å². The number of hydrogen-bond acceptors (Lipinski definition) is 6. The van der Waals surface area contributed by atoms with Crippen molar-refractivity contribution < 1.29 is 9.47 Å². The molecule has 2 N–H and O–H groups in total. The van der Waals surface area contributed by atoms with E-state index in [0.717, 1.165) is 34.7 Å². The van der Waals surface area contributed by atoms with Gasteiger partial charge in [0.05, 0.1) is 19.0 Å². The van der Waals surface area contributed by atoms with Crippen molar-refractivity contribution in [2.24, 2.45) is 0 Å². The highest BCUT2D eigenvalue weighted by molar-refractivity contribution is 7.17. The van der Waals surface area contributed by atoms with E-state index in [0.29, 0.717) is 24.4 Å². The van der Waals surface area contributed by atoms with E-state index in [4.69, 9.17) is 9.47 Å². The lowest BCUT2D eigenvalue weighted by molar-refractivity contribution is 0.194. The average Bonchev–Trinajstić information content (AvgIpc) is 3.06. The van der Waals surface area contributed by atoms with Crippen LogP contribution in [0.15, 0.2) is 34.4 Å². The zero-order valence-electron chi connectivity index (χ0n) is 14.3. The van der Waals surface area contributed by atoms with Gasteiger partial charge in [-0.05, 0) is 30.7 Å². The Morgan fingerprint density at radius 2 is 2.20 bits per heavy atom. The SMILES string of the molecule is COCCCNCc1nc2scc(-c3cccc(OC)c3)c2c(=O)[nH]1. The Bertz CT molecular complexity index is 904. The lowest BCUT2D eigenvalue weighted by Gasteiger charge is -2.05. The molecule has 0 bridgehead atoms. The molecule has 0 unspecified atom stereocenters. The van der Waals surface area contributed by atoms with E-state index >= 15 is 0 Å². The van der Waals surface area contributed by atoms with Crippen molar-refractivity contribution in [2.45, 2.75) is 13.0 Å². The number of fused-ring (bicyclic) bond motifs is 1. The maximum atomic E-state index is 12.6. The molecule has 0 saturated carbocycles. The van der Waals surface area contributed by atoms with Crippen LogP contribution in [0.3, 0.4) is 0 Å². The topological polar surface area (TPSA) is 76.2 Å². The second-order valence-corrected chi connectivity index (χ2v) is 6.46. The highest BCUT2D eigenvalue weighted by Crippen LogP contribution is 2.32. The second kappa shape index (κ2) is 8.24. The third-order valence-electron chi connectivity index (χ3n) is 3.87. The van der Waals surface area contributed by atoms with Crippen molar-refractivity contribution in [1.29, 1.82) is 0 Å². The van der Waals surface area contributed by atoms with Crippen molar-refractivity contribution >= 4 is 21.6 Å². The molecule has 25 heavy (non-hydrogen) atoms. The third kappa shape index (κ3) is 4.07. The van der Waals surface area contributed by atoms with Crippen molar-refractivity contribution in [3.05, 3.63) is 45.8 Å². The van der Waals surface area contributed by atoms with E-state index in [-0.39, 0.29) is 5.56 Å². The molecule has 0 atom stereocenters. The number of methoxy groups -OCH3 is 2.